The largest absolute Gasteiger partial charge is 0.497 e. The number of methoxy groups -OCH3 is 1. The maximum Gasteiger partial charge on any atom is 0.242 e. The summed E-state index contributed by atoms with van der Waals surface area (Å²) in [5.41, 5.74) is 0.649. The second kappa shape index (κ2) is 8.37. The van der Waals surface area contributed by atoms with E-state index in [2.05, 4.69) is 10.0 Å². The number of nitrogens with one attached hydrogen (secondary N) is 2. The van der Waals surface area contributed by atoms with Crippen molar-refractivity contribution in [3.63, 3.8) is 0 Å². The Bertz CT molecular complexity index is 836. The molecule has 2 aromatic rings. The summed E-state index contributed by atoms with van der Waals surface area (Å²) in [6.07, 6.45) is 1.90. The molecule has 0 spiro atoms. The van der Waals surface area contributed by atoms with Gasteiger partial charge in [-0.2, -0.15) is 4.72 Å². The van der Waals surface area contributed by atoms with Crippen molar-refractivity contribution in [2.45, 2.75) is 22.8 Å². The molecule has 0 radical (unpaired) electrons. The molecule has 0 saturated carbocycles. The van der Waals surface area contributed by atoms with Crippen LogP contribution < -0.4 is 14.8 Å². The van der Waals surface area contributed by atoms with Crippen molar-refractivity contribution in [3.8, 4) is 5.75 Å². The van der Waals surface area contributed by atoms with E-state index in [-0.39, 0.29) is 4.90 Å². The lowest BCUT2D eigenvalue weighted by atomic mass is 10.3. The Labute approximate surface area is 152 Å². The van der Waals surface area contributed by atoms with Crippen LogP contribution in [0.4, 0.5) is 5.69 Å². The number of hydrogen-bond donors (Lipinski definition) is 2. The van der Waals surface area contributed by atoms with E-state index in [0.717, 1.165) is 4.90 Å². The number of para-hydroxylation sites is 1. The van der Waals surface area contributed by atoms with Gasteiger partial charge in [-0.1, -0.05) is 12.1 Å². The van der Waals surface area contributed by atoms with Gasteiger partial charge in [0.25, 0.3) is 0 Å². The zero-order chi connectivity index (χ0) is 18.4. The van der Waals surface area contributed by atoms with Crippen molar-refractivity contribution in [1.82, 2.24) is 4.72 Å². The molecule has 0 saturated heterocycles. The number of hydrogen-bond acceptors (Lipinski definition) is 5. The molecular weight excluding hydrogens is 360 g/mol. The van der Waals surface area contributed by atoms with Crippen LogP contribution in [0.2, 0.25) is 0 Å². The summed E-state index contributed by atoms with van der Waals surface area (Å²) in [6, 6.07) is 12.4. The highest BCUT2D eigenvalue weighted by Gasteiger charge is 2.22. The summed E-state index contributed by atoms with van der Waals surface area (Å²) in [5.74, 6) is 0.122. The van der Waals surface area contributed by atoms with E-state index >= 15 is 0 Å². The van der Waals surface area contributed by atoms with E-state index in [1.165, 1.54) is 37.9 Å². The van der Waals surface area contributed by atoms with Crippen molar-refractivity contribution >= 4 is 33.4 Å². The zero-order valence-electron chi connectivity index (χ0n) is 14.1. The highest BCUT2D eigenvalue weighted by molar-refractivity contribution is 7.98. The first-order chi connectivity index (χ1) is 11.9. The van der Waals surface area contributed by atoms with Crippen LogP contribution in [0.3, 0.4) is 0 Å². The van der Waals surface area contributed by atoms with Gasteiger partial charge in [0.1, 0.15) is 5.75 Å². The molecule has 0 heterocycles. The lowest BCUT2D eigenvalue weighted by Crippen LogP contribution is -2.41. The number of amides is 1. The molecule has 1 atom stereocenters. The average molecular weight is 380 g/mol. The Balaban J connectivity index is 2.08. The van der Waals surface area contributed by atoms with Gasteiger partial charge in [0.2, 0.25) is 15.9 Å². The maximum absolute atomic E-state index is 12.4. The number of thioether (sulfide) groups is 1. The standard InChI is InChI=1S/C17H20N2O4S2/c1-12(17(20)18-15-6-4-5-7-16(15)24-3)19-25(21,22)14-10-8-13(23-2)9-11-14/h4-12,19H,1-3H3,(H,18,20). The minimum atomic E-state index is -3.81. The number of anilines is 1. The Morgan fingerprint density at radius 3 is 2.36 bits per heavy atom. The molecule has 1 amide bonds. The number of benzene rings is 2. The Hall–Kier alpha value is -2.03. The molecule has 0 aliphatic heterocycles. The van der Waals surface area contributed by atoms with Crippen LogP contribution in [-0.4, -0.2) is 33.7 Å². The van der Waals surface area contributed by atoms with Gasteiger partial charge in [-0.3, -0.25) is 4.79 Å². The normalized spacial score (nSPS) is 12.4. The number of carbonyl (C=O) groups is 1. The number of rotatable bonds is 7. The van der Waals surface area contributed by atoms with Crippen LogP contribution in [-0.2, 0) is 14.8 Å². The molecule has 2 aromatic carbocycles. The van der Waals surface area contributed by atoms with Crippen molar-refractivity contribution in [1.29, 1.82) is 0 Å². The third-order valence-electron chi connectivity index (χ3n) is 3.46. The van der Waals surface area contributed by atoms with Crippen LogP contribution in [0.15, 0.2) is 58.3 Å². The molecule has 0 aliphatic rings. The highest BCUT2D eigenvalue weighted by atomic mass is 32.2. The van der Waals surface area contributed by atoms with Gasteiger partial charge in [-0.25, -0.2) is 8.42 Å². The van der Waals surface area contributed by atoms with Crippen molar-refractivity contribution in [3.05, 3.63) is 48.5 Å². The first-order valence-corrected chi connectivity index (χ1v) is 10.2. The van der Waals surface area contributed by atoms with Crippen molar-refractivity contribution in [2.75, 3.05) is 18.7 Å². The molecule has 6 nitrogen and oxygen atoms in total. The SMILES string of the molecule is COc1ccc(S(=O)(=O)NC(C)C(=O)Nc2ccccc2SC)cc1. The molecule has 2 rings (SSSR count). The molecular formula is C17H20N2O4S2. The van der Waals surface area contributed by atoms with Gasteiger partial charge in [0.05, 0.1) is 23.7 Å². The third-order valence-corrected chi connectivity index (χ3v) is 5.81. The van der Waals surface area contributed by atoms with Gasteiger partial charge in [-0.15, -0.1) is 11.8 Å². The summed E-state index contributed by atoms with van der Waals surface area (Å²) in [7, 11) is -2.31. The summed E-state index contributed by atoms with van der Waals surface area (Å²) in [5, 5.41) is 2.75. The minimum Gasteiger partial charge on any atom is -0.497 e. The van der Waals surface area contributed by atoms with E-state index in [1.807, 2.05) is 24.5 Å². The van der Waals surface area contributed by atoms with Crippen LogP contribution in [0, 0.1) is 0 Å². The van der Waals surface area contributed by atoms with E-state index in [9.17, 15) is 13.2 Å². The van der Waals surface area contributed by atoms with Gasteiger partial charge in [0, 0.05) is 4.90 Å². The lowest BCUT2D eigenvalue weighted by molar-refractivity contribution is -0.117. The number of carbonyl (C=O) groups excluding carboxylic acids is 1. The number of sulfonamides is 1. The molecule has 0 aromatic heterocycles. The van der Waals surface area contributed by atoms with E-state index in [4.69, 9.17) is 4.74 Å². The van der Waals surface area contributed by atoms with Crippen LogP contribution in [0.5, 0.6) is 5.75 Å². The van der Waals surface area contributed by atoms with Crippen molar-refractivity contribution in [2.24, 2.45) is 0 Å². The zero-order valence-corrected chi connectivity index (χ0v) is 15.8. The summed E-state index contributed by atoms with van der Waals surface area (Å²) in [4.78, 5) is 13.3. The topological polar surface area (TPSA) is 84.5 Å². The Kier molecular flexibility index (Phi) is 6.46. The summed E-state index contributed by atoms with van der Waals surface area (Å²) < 4.78 is 32.2. The fourth-order valence-electron chi connectivity index (χ4n) is 2.10. The van der Waals surface area contributed by atoms with Crippen LogP contribution in [0.25, 0.3) is 0 Å². The summed E-state index contributed by atoms with van der Waals surface area (Å²) in [6.45, 7) is 1.50. The van der Waals surface area contributed by atoms with Crippen molar-refractivity contribution < 1.29 is 17.9 Å². The fourth-order valence-corrected chi connectivity index (χ4v) is 3.85. The lowest BCUT2D eigenvalue weighted by Gasteiger charge is -2.16. The fraction of sp³-hybridized carbons (Fsp3) is 0.235. The predicted molar refractivity (Wildman–Crippen MR) is 99.6 cm³/mol. The molecule has 0 fully saturated rings. The van der Waals surface area contributed by atoms with E-state index < -0.39 is 22.0 Å². The molecule has 2 N–H and O–H groups in total. The molecule has 134 valence electrons. The van der Waals surface area contributed by atoms with Gasteiger partial charge >= 0.3 is 0 Å². The monoisotopic (exact) mass is 380 g/mol. The van der Waals surface area contributed by atoms with Crippen LogP contribution >= 0.6 is 11.8 Å². The smallest absolute Gasteiger partial charge is 0.242 e. The molecule has 8 heteroatoms. The molecule has 25 heavy (non-hydrogen) atoms. The minimum absolute atomic E-state index is 0.0671. The molecule has 0 aliphatic carbocycles. The first kappa shape index (κ1) is 19.3. The van der Waals surface area contributed by atoms with Gasteiger partial charge in [-0.05, 0) is 49.6 Å². The maximum atomic E-state index is 12.4. The first-order valence-electron chi connectivity index (χ1n) is 7.47. The average Bonchev–Trinajstić information content (AvgIpc) is 2.61. The Morgan fingerprint density at radius 2 is 1.76 bits per heavy atom. The van der Waals surface area contributed by atoms with E-state index in [1.54, 1.807) is 18.2 Å². The predicted octanol–water partition coefficient (Wildman–Crippen LogP) is 2.72. The summed E-state index contributed by atoms with van der Waals surface area (Å²) >= 11 is 1.50. The van der Waals surface area contributed by atoms with Crippen LogP contribution in [0.1, 0.15) is 6.92 Å². The molecule has 1 unspecified atom stereocenters. The quantitative estimate of drug-likeness (QED) is 0.722. The Morgan fingerprint density at radius 1 is 1.12 bits per heavy atom. The third kappa shape index (κ3) is 4.97. The highest BCUT2D eigenvalue weighted by Crippen LogP contribution is 2.24. The van der Waals surface area contributed by atoms with E-state index in [0.29, 0.717) is 11.4 Å². The van der Waals surface area contributed by atoms with Gasteiger partial charge in [0.15, 0.2) is 0 Å². The second-order valence-corrected chi connectivity index (χ2v) is 7.77. The second-order valence-electron chi connectivity index (χ2n) is 5.21. The van der Waals surface area contributed by atoms with Gasteiger partial charge < -0.3 is 10.1 Å². The number of ether oxygens (including phenoxy) is 1. The molecule has 0 bridgehead atoms.